The number of ether oxygens (including phenoxy) is 1. The van der Waals surface area contributed by atoms with E-state index in [0.29, 0.717) is 0 Å². The summed E-state index contributed by atoms with van der Waals surface area (Å²) in [6, 6.07) is -0.376. The van der Waals surface area contributed by atoms with Crippen molar-refractivity contribution in [2.45, 2.75) is 45.8 Å². The van der Waals surface area contributed by atoms with Crippen LogP contribution in [0.15, 0.2) is 0 Å². The minimum Gasteiger partial charge on any atom is -0.481 e. The summed E-state index contributed by atoms with van der Waals surface area (Å²) in [4.78, 5) is 22.4. The van der Waals surface area contributed by atoms with Gasteiger partial charge in [0, 0.05) is 13.2 Å². The predicted octanol–water partition coefficient (Wildman–Crippen LogP) is 1.03. The van der Waals surface area contributed by atoms with Gasteiger partial charge in [-0.3, -0.25) is 9.59 Å². The van der Waals surface area contributed by atoms with Crippen LogP contribution >= 0.6 is 0 Å². The molecule has 0 spiro atoms. The second kappa shape index (κ2) is 5.84. The Morgan fingerprint density at radius 3 is 2.19 bits per heavy atom. The molecule has 5 heteroatoms. The van der Waals surface area contributed by atoms with Crippen molar-refractivity contribution in [2.24, 2.45) is 5.92 Å². The topological polar surface area (TPSA) is 75.6 Å². The average molecular weight is 231 g/mol. The summed E-state index contributed by atoms with van der Waals surface area (Å²) >= 11 is 0. The van der Waals surface area contributed by atoms with E-state index in [2.05, 4.69) is 5.32 Å². The second-order valence-electron chi connectivity index (χ2n) is 4.64. The lowest BCUT2D eigenvalue weighted by atomic mass is 9.99. The third-order valence-electron chi connectivity index (χ3n) is 2.57. The molecule has 0 aromatic heterocycles. The molecule has 0 aliphatic rings. The molecule has 0 aliphatic heterocycles. The molecule has 0 rings (SSSR count). The zero-order chi connectivity index (χ0) is 12.9. The molecule has 0 saturated carbocycles. The van der Waals surface area contributed by atoms with Crippen molar-refractivity contribution in [3.05, 3.63) is 0 Å². The van der Waals surface area contributed by atoms with Gasteiger partial charge in [0.2, 0.25) is 0 Å². The Bertz CT molecular complexity index is 261. The first kappa shape index (κ1) is 14.9. The highest BCUT2D eigenvalue weighted by atomic mass is 16.5. The number of carboxylic acids is 1. The van der Waals surface area contributed by atoms with Gasteiger partial charge in [-0.2, -0.15) is 0 Å². The lowest BCUT2D eigenvalue weighted by molar-refractivity contribution is -0.142. The Hall–Kier alpha value is -1.10. The van der Waals surface area contributed by atoms with Crippen molar-refractivity contribution in [1.82, 2.24) is 5.32 Å². The number of amides is 1. The molecule has 0 bridgehead atoms. The van der Waals surface area contributed by atoms with Crippen molar-refractivity contribution in [2.75, 3.05) is 7.11 Å². The van der Waals surface area contributed by atoms with Crippen LogP contribution in [0.3, 0.4) is 0 Å². The molecule has 5 nitrogen and oxygen atoms in total. The van der Waals surface area contributed by atoms with Crippen LogP contribution < -0.4 is 5.32 Å². The highest BCUT2D eigenvalue weighted by Crippen LogP contribution is 2.11. The van der Waals surface area contributed by atoms with E-state index in [1.165, 1.54) is 7.11 Å². The predicted molar refractivity (Wildman–Crippen MR) is 60.1 cm³/mol. The zero-order valence-corrected chi connectivity index (χ0v) is 10.5. The van der Waals surface area contributed by atoms with Gasteiger partial charge in [0.05, 0.1) is 6.42 Å². The quantitative estimate of drug-likeness (QED) is 0.715. The number of carboxylic acid groups (broad SMARTS) is 1. The second-order valence-corrected chi connectivity index (χ2v) is 4.64. The summed E-state index contributed by atoms with van der Waals surface area (Å²) in [5.41, 5.74) is -0.939. The largest absolute Gasteiger partial charge is 0.481 e. The van der Waals surface area contributed by atoms with Gasteiger partial charge in [0.1, 0.15) is 5.60 Å². The minimum absolute atomic E-state index is 0.0627. The van der Waals surface area contributed by atoms with Crippen molar-refractivity contribution >= 4 is 11.9 Å². The average Bonchev–Trinajstić information content (AvgIpc) is 2.15. The highest BCUT2D eigenvalue weighted by molar-refractivity contribution is 5.85. The molecule has 0 aromatic carbocycles. The number of rotatable bonds is 6. The SMILES string of the molecule is COC(C)(C)C(=O)NC(CC(=O)O)C(C)C. The third-order valence-corrected chi connectivity index (χ3v) is 2.57. The lowest BCUT2D eigenvalue weighted by Gasteiger charge is -2.27. The summed E-state index contributed by atoms with van der Waals surface area (Å²) in [5.74, 6) is -1.16. The molecule has 0 aromatic rings. The molecule has 0 aliphatic carbocycles. The lowest BCUT2D eigenvalue weighted by Crippen LogP contribution is -2.50. The van der Waals surface area contributed by atoms with E-state index in [0.717, 1.165) is 0 Å². The molecular formula is C11H21NO4. The van der Waals surface area contributed by atoms with Crippen molar-refractivity contribution in [1.29, 1.82) is 0 Å². The van der Waals surface area contributed by atoms with Crippen LogP contribution in [0.2, 0.25) is 0 Å². The molecule has 0 radical (unpaired) electrons. The Labute approximate surface area is 96.2 Å². The Kier molecular flexibility index (Phi) is 5.44. The highest BCUT2D eigenvalue weighted by Gasteiger charge is 2.30. The Morgan fingerprint density at radius 2 is 1.88 bits per heavy atom. The third kappa shape index (κ3) is 4.61. The summed E-state index contributed by atoms with van der Waals surface area (Å²) in [6.45, 7) is 7.02. The molecule has 16 heavy (non-hydrogen) atoms. The van der Waals surface area contributed by atoms with Crippen LogP contribution in [0.4, 0.5) is 0 Å². The van der Waals surface area contributed by atoms with Crippen molar-refractivity contribution in [3.63, 3.8) is 0 Å². The zero-order valence-electron chi connectivity index (χ0n) is 10.5. The number of hydrogen-bond acceptors (Lipinski definition) is 3. The maximum atomic E-state index is 11.8. The number of hydrogen-bond donors (Lipinski definition) is 2. The van der Waals surface area contributed by atoms with E-state index in [1.807, 2.05) is 13.8 Å². The number of aliphatic carboxylic acids is 1. The molecule has 94 valence electrons. The van der Waals surface area contributed by atoms with Crippen LogP contribution in [-0.4, -0.2) is 35.7 Å². The summed E-state index contributed by atoms with van der Waals surface area (Å²) in [7, 11) is 1.45. The fourth-order valence-electron chi connectivity index (χ4n) is 1.08. The summed E-state index contributed by atoms with van der Waals surface area (Å²) < 4.78 is 5.03. The minimum atomic E-state index is -0.939. The first-order valence-corrected chi connectivity index (χ1v) is 5.28. The first-order valence-electron chi connectivity index (χ1n) is 5.28. The molecule has 2 N–H and O–H groups in total. The van der Waals surface area contributed by atoms with Crippen LogP contribution in [0, 0.1) is 5.92 Å². The van der Waals surface area contributed by atoms with E-state index >= 15 is 0 Å². The maximum absolute atomic E-state index is 11.8. The molecule has 0 saturated heterocycles. The maximum Gasteiger partial charge on any atom is 0.305 e. The van der Waals surface area contributed by atoms with E-state index in [1.54, 1.807) is 13.8 Å². The van der Waals surface area contributed by atoms with E-state index < -0.39 is 11.6 Å². The smallest absolute Gasteiger partial charge is 0.305 e. The molecule has 0 heterocycles. The monoisotopic (exact) mass is 231 g/mol. The van der Waals surface area contributed by atoms with Gasteiger partial charge in [0.25, 0.3) is 5.91 Å². The fourth-order valence-corrected chi connectivity index (χ4v) is 1.08. The van der Waals surface area contributed by atoms with Crippen LogP contribution in [0.1, 0.15) is 34.1 Å². The van der Waals surface area contributed by atoms with E-state index in [-0.39, 0.29) is 24.3 Å². The van der Waals surface area contributed by atoms with Crippen molar-refractivity contribution < 1.29 is 19.4 Å². The summed E-state index contributed by atoms with van der Waals surface area (Å²) in [5, 5.41) is 11.4. The Morgan fingerprint density at radius 1 is 1.38 bits per heavy atom. The number of nitrogens with one attached hydrogen (secondary N) is 1. The van der Waals surface area contributed by atoms with Gasteiger partial charge in [-0.1, -0.05) is 13.8 Å². The normalized spacial score (nSPS) is 13.6. The van der Waals surface area contributed by atoms with Gasteiger partial charge in [-0.15, -0.1) is 0 Å². The molecule has 1 unspecified atom stereocenters. The number of carbonyl (C=O) groups excluding carboxylic acids is 1. The molecule has 1 amide bonds. The fraction of sp³-hybridized carbons (Fsp3) is 0.818. The Balaban J connectivity index is 4.52. The van der Waals surface area contributed by atoms with Crippen molar-refractivity contribution in [3.8, 4) is 0 Å². The van der Waals surface area contributed by atoms with Crippen LogP contribution in [-0.2, 0) is 14.3 Å². The van der Waals surface area contributed by atoms with E-state index in [4.69, 9.17) is 9.84 Å². The van der Waals surface area contributed by atoms with Gasteiger partial charge < -0.3 is 15.2 Å². The standard InChI is InChI=1S/C11H21NO4/c1-7(2)8(6-9(13)14)12-10(15)11(3,4)16-5/h7-8H,6H2,1-5H3,(H,12,15)(H,13,14). The summed E-state index contributed by atoms with van der Waals surface area (Å²) in [6.07, 6.45) is -0.0802. The van der Waals surface area contributed by atoms with E-state index in [9.17, 15) is 9.59 Å². The van der Waals surface area contributed by atoms with Gasteiger partial charge in [0.15, 0.2) is 0 Å². The van der Waals surface area contributed by atoms with Gasteiger partial charge >= 0.3 is 5.97 Å². The first-order chi connectivity index (χ1) is 7.20. The van der Waals surface area contributed by atoms with Gasteiger partial charge in [-0.05, 0) is 19.8 Å². The molecule has 1 atom stereocenters. The van der Waals surface area contributed by atoms with Crippen LogP contribution in [0.25, 0.3) is 0 Å². The van der Waals surface area contributed by atoms with Gasteiger partial charge in [-0.25, -0.2) is 0 Å². The molecular weight excluding hydrogens is 210 g/mol. The number of methoxy groups -OCH3 is 1. The van der Waals surface area contributed by atoms with Crippen LogP contribution in [0.5, 0.6) is 0 Å². The number of carbonyl (C=O) groups is 2. The molecule has 0 fully saturated rings.